The number of hydrogen-bond acceptors (Lipinski definition) is 8. The van der Waals surface area contributed by atoms with Crippen LogP contribution in [0.1, 0.15) is 26.3 Å². The first-order chi connectivity index (χ1) is 15.7. The van der Waals surface area contributed by atoms with E-state index in [0.717, 1.165) is 44.6 Å². The number of allylic oxidation sites excluding steroid dienone is 1. The Morgan fingerprint density at radius 1 is 0.844 bits per heavy atom. The molecule has 2 heterocycles. The Morgan fingerprint density at radius 3 is 2.12 bits per heavy atom. The van der Waals surface area contributed by atoms with Gasteiger partial charge in [0.2, 0.25) is 5.13 Å². The lowest BCUT2D eigenvalue weighted by molar-refractivity contribution is 0.866. The maximum Gasteiger partial charge on any atom is 0.231 e. The van der Waals surface area contributed by atoms with E-state index in [0.29, 0.717) is 5.13 Å². The van der Waals surface area contributed by atoms with Crippen LogP contribution in [0.25, 0.3) is 15.6 Å². The van der Waals surface area contributed by atoms with Crippen molar-refractivity contribution in [2.24, 2.45) is 20.5 Å². The van der Waals surface area contributed by atoms with E-state index in [1.54, 1.807) is 0 Å². The highest BCUT2D eigenvalue weighted by molar-refractivity contribution is 7.30. The molecule has 0 aliphatic rings. The van der Waals surface area contributed by atoms with Crippen LogP contribution in [0, 0.1) is 0 Å². The van der Waals surface area contributed by atoms with E-state index in [9.17, 15) is 0 Å². The summed E-state index contributed by atoms with van der Waals surface area (Å²) in [7, 11) is 0. The second-order valence-electron chi connectivity index (χ2n) is 6.93. The molecule has 8 heteroatoms. The molecule has 6 nitrogen and oxygen atoms in total. The molecule has 0 unspecified atom stereocenters. The number of anilines is 1. The number of thiophene rings is 1. The fourth-order valence-electron chi connectivity index (χ4n) is 3.17. The summed E-state index contributed by atoms with van der Waals surface area (Å²) < 4.78 is 1.04. The third-order valence-corrected chi connectivity index (χ3v) is 6.74. The van der Waals surface area contributed by atoms with Crippen molar-refractivity contribution in [2.45, 2.75) is 20.8 Å². The fraction of sp³-hybridized carbons (Fsp3) is 0.208. The van der Waals surface area contributed by atoms with Crippen molar-refractivity contribution in [3.8, 4) is 0 Å². The van der Waals surface area contributed by atoms with Gasteiger partial charge in [0.25, 0.3) is 0 Å². The Bertz CT molecular complexity index is 1210. The lowest BCUT2D eigenvalue weighted by atomic mass is 10.2. The first kappa shape index (κ1) is 22.0. The highest BCUT2D eigenvalue weighted by atomic mass is 32.1. The molecule has 2 aromatic heterocycles. The predicted octanol–water partition coefficient (Wildman–Crippen LogP) is 9.07. The molecule has 4 rings (SSSR count). The van der Waals surface area contributed by atoms with Crippen LogP contribution in [-0.2, 0) is 0 Å². The highest BCUT2D eigenvalue weighted by Gasteiger charge is 2.08. The molecule has 2 aromatic carbocycles. The van der Waals surface area contributed by atoms with Gasteiger partial charge >= 0.3 is 0 Å². The molecule has 0 saturated carbocycles. The SMILES string of the molecule is C/C=C\c1ccc(N=Nc2nc3sc(N=Nc4ccc(N(CC)CC)cc4)cc3s2)cc1. The van der Waals surface area contributed by atoms with Gasteiger partial charge in [-0.1, -0.05) is 47.0 Å². The highest BCUT2D eigenvalue weighted by Crippen LogP contribution is 2.39. The molecule has 0 aliphatic heterocycles. The van der Waals surface area contributed by atoms with E-state index in [-0.39, 0.29) is 0 Å². The summed E-state index contributed by atoms with van der Waals surface area (Å²) in [5, 5.41) is 18.8. The van der Waals surface area contributed by atoms with Crippen LogP contribution in [0.3, 0.4) is 0 Å². The minimum absolute atomic E-state index is 0.638. The van der Waals surface area contributed by atoms with Gasteiger partial charge in [-0.3, -0.25) is 0 Å². The zero-order valence-electron chi connectivity index (χ0n) is 18.3. The number of benzene rings is 2. The van der Waals surface area contributed by atoms with Crippen LogP contribution in [0.4, 0.5) is 27.2 Å². The number of rotatable bonds is 8. The van der Waals surface area contributed by atoms with E-state index in [2.05, 4.69) is 56.3 Å². The molecule has 0 saturated heterocycles. The van der Waals surface area contributed by atoms with Gasteiger partial charge < -0.3 is 4.90 Å². The Hall–Kier alpha value is -3.23. The Labute approximate surface area is 195 Å². The summed E-state index contributed by atoms with van der Waals surface area (Å²) in [4.78, 5) is 7.76. The Morgan fingerprint density at radius 2 is 1.50 bits per heavy atom. The Balaban J connectivity index is 1.42. The van der Waals surface area contributed by atoms with Crippen LogP contribution < -0.4 is 4.90 Å². The topological polar surface area (TPSA) is 65.6 Å². The molecule has 4 aromatic rings. The predicted molar refractivity (Wildman–Crippen MR) is 137 cm³/mol. The Kier molecular flexibility index (Phi) is 7.14. The molecular formula is C24H24N6S2. The van der Waals surface area contributed by atoms with E-state index < -0.39 is 0 Å². The summed E-state index contributed by atoms with van der Waals surface area (Å²) in [6, 6.07) is 18.1. The lowest BCUT2D eigenvalue weighted by Crippen LogP contribution is -2.21. The molecule has 0 bridgehead atoms. The molecule has 0 fully saturated rings. The third-order valence-electron chi connectivity index (χ3n) is 4.81. The van der Waals surface area contributed by atoms with E-state index >= 15 is 0 Å². The lowest BCUT2D eigenvalue weighted by Gasteiger charge is -2.20. The van der Waals surface area contributed by atoms with Crippen molar-refractivity contribution in [1.82, 2.24) is 4.98 Å². The summed E-state index contributed by atoms with van der Waals surface area (Å²) >= 11 is 3.00. The van der Waals surface area contributed by atoms with Crippen LogP contribution in [-0.4, -0.2) is 18.1 Å². The normalized spacial score (nSPS) is 12.1. The van der Waals surface area contributed by atoms with Crippen LogP contribution in [0.5, 0.6) is 0 Å². The van der Waals surface area contributed by atoms with Gasteiger partial charge in [0.05, 0.1) is 16.1 Å². The molecule has 0 atom stereocenters. The van der Waals surface area contributed by atoms with Crippen molar-refractivity contribution >= 4 is 65.5 Å². The number of hydrogen-bond donors (Lipinski definition) is 0. The number of nitrogens with zero attached hydrogens (tertiary/aromatic N) is 6. The average molecular weight is 461 g/mol. The maximum atomic E-state index is 4.56. The van der Waals surface area contributed by atoms with Crippen LogP contribution in [0.15, 0.2) is 81.1 Å². The zero-order valence-corrected chi connectivity index (χ0v) is 19.9. The summed E-state index contributed by atoms with van der Waals surface area (Å²) in [6.45, 7) is 8.28. The van der Waals surface area contributed by atoms with Crippen molar-refractivity contribution in [3.05, 3.63) is 66.2 Å². The number of aromatic nitrogens is 1. The number of fused-ring (bicyclic) bond motifs is 1. The van der Waals surface area contributed by atoms with Crippen molar-refractivity contribution in [2.75, 3.05) is 18.0 Å². The summed E-state index contributed by atoms with van der Waals surface area (Å²) in [5.74, 6) is 0. The zero-order chi connectivity index (χ0) is 22.3. The first-order valence-electron chi connectivity index (χ1n) is 10.5. The van der Waals surface area contributed by atoms with Gasteiger partial charge in [-0.25, -0.2) is 4.98 Å². The van der Waals surface area contributed by atoms with Crippen molar-refractivity contribution in [3.63, 3.8) is 0 Å². The quantitative estimate of drug-likeness (QED) is 0.246. The molecule has 0 N–H and O–H groups in total. The van der Waals surface area contributed by atoms with E-state index in [1.165, 1.54) is 28.4 Å². The first-order valence-corrected chi connectivity index (χ1v) is 12.1. The third kappa shape index (κ3) is 5.33. The van der Waals surface area contributed by atoms with Crippen LogP contribution in [0.2, 0.25) is 0 Å². The largest absolute Gasteiger partial charge is 0.372 e. The minimum atomic E-state index is 0.638. The molecule has 0 radical (unpaired) electrons. The average Bonchev–Trinajstić information content (AvgIpc) is 3.37. The van der Waals surface area contributed by atoms with Gasteiger partial charge in [0.1, 0.15) is 9.83 Å². The van der Waals surface area contributed by atoms with Crippen LogP contribution >= 0.6 is 22.7 Å². The van der Waals surface area contributed by atoms with Gasteiger partial charge in [0.15, 0.2) is 0 Å². The number of thiazole rings is 1. The maximum absolute atomic E-state index is 4.56. The fourth-order valence-corrected chi connectivity index (χ4v) is 5.02. The molecule has 162 valence electrons. The molecule has 32 heavy (non-hydrogen) atoms. The molecule has 0 spiro atoms. The number of azo groups is 2. The van der Waals surface area contributed by atoms with Gasteiger partial charge in [-0.2, -0.15) is 0 Å². The second kappa shape index (κ2) is 10.4. The standard InChI is InChI=1S/C24H24N6S2/c1-4-7-17-8-10-18(11-9-17)27-29-24-25-23-21(31-24)16-22(32-23)28-26-19-12-14-20(15-13-19)30(5-2)6-3/h4,7-16H,5-6H2,1-3H3/b7-4-,28-26?,29-27?. The molecule has 0 aliphatic carbocycles. The van der Waals surface area contributed by atoms with Gasteiger partial charge in [-0.15, -0.1) is 20.5 Å². The summed E-state index contributed by atoms with van der Waals surface area (Å²) in [5.41, 5.74) is 3.98. The minimum Gasteiger partial charge on any atom is -0.372 e. The summed E-state index contributed by atoms with van der Waals surface area (Å²) in [6.07, 6.45) is 4.06. The van der Waals surface area contributed by atoms with Gasteiger partial charge in [0, 0.05) is 18.8 Å². The van der Waals surface area contributed by atoms with Gasteiger partial charge in [-0.05, 0) is 68.8 Å². The monoisotopic (exact) mass is 460 g/mol. The molecule has 0 amide bonds. The van der Waals surface area contributed by atoms with E-state index in [4.69, 9.17) is 0 Å². The smallest absolute Gasteiger partial charge is 0.231 e. The van der Waals surface area contributed by atoms with E-state index in [1.807, 2.05) is 61.5 Å². The van der Waals surface area contributed by atoms with Crippen molar-refractivity contribution < 1.29 is 0 Å². The van der Waals surface area contributed by atoms with Crippen molar-refractivity contribution in [1.29, 1.82) is 0 Å². The second-order valence-corrected chi connectivity index (χ2v) is 8.95. The molecular weight excluding hydrogens is 436 g/mol.